The molecule has 84 valence electrons. The molecular weight excluding hydrogens is 224 g/mol. The average Bonchev–Trinajstić information content (AvgIpc) is 2.74. The highest BCUT2D eigenvalue weighted by molar-refractivity contribution is 7.98. The number of aromatic hydroxyl groups is 1. The van der Waals surface area contributed by atoms with E-state index in [1.165, 1.54) is 0 Å². The lowest BCUT2D eigenvalue weighted by Crippen LogP contribution is -1.84. The van der Waals surface area contributed by atoms with E-state index in [1.807, 2.05) is 19.1 Å². The lowest BCUT2D eigenvalue weighted by Gasteiger charge is -1.98. The molecule has 1 aromatic carbocycles. The van der Waals surface area contributed by atoms with E-state index in [0.29, 0.717) is 17.5 Å². The van der Waals surface area contributed by atoms with Crippen molar-refractivity contribution in [3.63, 3.8) is 0 Å². The number of rotatable bonds is 4. The fourth-order valence-electron chi connectivity index (χ4n) is 1.21. The smallest absolute Gasteiger partial charge is 0.226 e. The molecule has 0 radical (unpaired) electrons. The first-order valence-corrected chi connectivity index (χ1v) is 6.00. The van der Waals surface area contributed by atoms with Gasteiger partial charge >= 0.3 is 0 Å². The topological polar surface area (TPSA) is 59.2 Å². The van der Waals surface area contributed by atoms with Crippen molar-refractivity contribution in [2.45, 2.75) is 24.0 Å². The maximum absolute atomic E-state index is 9.29. The lowest BCUT2D eigenvalue weighted by atomic mass is 10.3. The van der Waals surface area contributed by atoms with Crippen LogP contribution in [0.25, 0.3) is 0 Å². The summed E-state index contributed by atoms with van der Waals surface area (Å²) in [6.45, 7) is 1.97. The monoisotopic (exact) mass is 236 g/mol. The largest absolute Gasteiger partial charge is 0.508 e. The van der Waals surface area contributed by atoms with Gasteiger partial charge in [-0.15, -0.1) is 11.8 Å². The molecule has 1 heterocycles. The van der Waals surface area contributed by atoms with Gasteiger partial charge in [0.25, 0.3) is 0 Å². The van der Waals surface area contributed by atoms with Crippen molar-refractivity contribution in [2.24, 2.45) is 0 Å². The number of hydrogen-bond donors (Lipinski definition) is 1. The second-order valence-electron chi connectivity index (χ2n) is 3.24. The van der Waals surface area contributed by atoms with Gasteiger partial charge in [0.05, 0.1) is 5.75 Å². The van der Waals surface area contributed by atoms with Crippen molar-refractivity contribution in [1.29, 1.82) is 0 Å². The zero-order valence-electron chi connectivity index (χ0n) is 8.88. The summed E-state index contributed by atoms with van der Waals surface area (Å²) in [7, 11) is 0. The van der Waals surface area contributed by atoms with Crippen molar-refractivity contribution in [2.75, 3.05) is 0 Å². The zero-order chi connectivity index (χ0) is 11.4. The quantitative estimate of drug-likeness (QED) is 0.827. The van der Waals surface area contributed by atoms with Crippen molar-refractivity contribution >= 4 is 11.8 Å². The summed E-state index contributed by atoms with van der Waals surface area (Å²) in [4.78, 5) is 5.19. The van der Waals surface area contributed by atoms with Gasteiger partial charge in [-0.25, -0.2) is 0 Å². The van der Waals surface area contributed by atoms with Crippen LogP contribution in [0.1, 0.15) is 18.6 Å². The Morgan fingerprint density at radius 3 is 3.00 bits per heavy atom. The van der Waals surface area contributed by atoms with Gasteiger partial charge in [0, 0.05) is 11.3 Å². The molecule has 4 nitrogen and oxygen atoms in total. The van der Waals surface area contributed by atoms with Crippen molar-refractivity contribution in [1.82, 2.24) is 10.1 Å². The SMILES string of the molecule is CCc1nc(CSc2cccc(O)c2)no1. The van der Waals surface area contributed by atoms with Crippen LogP contribution in [0.15, 0.2) is 33.7 Å². The molecule has 0 atom stereocenters. The minimum Gasteiger partial charge on any atom is -0.508 e. The van der Waals surface area contributed by atoms with Crippen LogP contribution < -0.4 is 0 Å². The Labute approximate surface area is 97.7 Å². The molecule has 2 rings (SSSR count). The second-order valence-corrected chi connectivity index (χ2v) is 4.29. The molecule has 0 amide bonds. The highest BCUT2D eigenvalue weighted by Gasteiger charge is 2.05. The second kappa shape index (κ2) is 5.03. The van der Waals surface area contributed by atoms with Crippen LogP contribution in [0.5, 0.6) is 5.75 Å². The van der Waals surface area contributed by atoms with E-state index >= 15 is 0 Å². The fraction of sp³-hybridized carbons (Fsp3) is 0.273. The molecule has 0 unspecified atom stereocenters. The van der Waals surface area contributed by atoms with Gasteiger partial charge in [-0.1, -0.05) is 18.1 Å². The predicted molar refractivity (Wildman–Crippen MR) is 61.3 cm³/mol. The van der Waals surface area contributed by atoms with Gasteiger partial charge in [-0.2, -0.15) is 4.98 Å². The van der Waals surface area contributed by atoms with Crippen LogP contribution in [-0.4, -0.2) is 15.2 Å². The van der Waals surface area contributed by atoms with E-state index in [2.05, 4.69) is 10.1 Å². The van der Waals surface area contributed by atoms with E-state index in [4.69, 9.17) is 4.52 Å². The summed E-state index contributed by atoms with van der Waals surface area (Å²) < 4.78 is 5.00. The molecule has 1 aromatic heterocycles. The Balaban J connectivity index is 1.96. The van der Waals surface area contributed by atoms with Gasteiger partial charge in [0.1, 0.15) is 5.75 Å². The number of aromatic nitrogens is 2. The molecular formula is C11H12N2O2S. The molecule has 0 aliphatic carbocycles. The molecule has 2 aromatic rings. The number of benzene rings is 1. The maximum atomic E-state index is 9.29. The maximum Gasteiger partial charge on any atom is 0.226 e. The van der Waals surface area contributed by atoms with Gasteiger partial charge in [0.2, 0.25) is 5.89 Å². The molecule has 0 aliphatic heterocycles. The average molecular weight is 236 g/mol. The summed E-state index contributed by atoms with van der Waals surface area (Å²) in [6.07, 6.45) is 0.754. The van der Waals surface area contributed by atoms with E-state index in [-0.39, 0.29) is 5.75 Å². The molecule has 0 bridgehead atoms. The predicted octanol–water partition coefficient (Wildman–Crippen LogP) is 2.63. The van der Waals surface area contributed by atoms with Crippen molar-refractivity contribution < 1.29 is 9.63 Å². The van der Waals surface area contributed by atoms with E-state index in [0.717, 1.165) is 11.3 Å². The number of hydrogen-bond acceptors (Lipinski definition) is 5. The summed E-state index contributed by atoms with van der Waals surface area (Å²) in [6, 6.07) is 7.11. The molecule has 0 saturated carbocycles. The summed E-state index contributed by atoms with van der Waals surface area (Å²) >= 11 is 1.57. The van der Waals surface area contributed by atoms with Gasteiger partial charge in [-0.3, -0.25) is 0 Å². The molecule has 0 spiro atoms. The lowest BCUT2D eigenvalue weighted by molar-refractivity contribution is 0.378. The van der Waals surface area contributed by atoms with Gasteiger partial charge in [0.15, 0.2) is 5.82 Å². The number of phenols is 1. The Bertz CT molecular complexity index is 471. The Hall–Kier alpha value is -1.49. The number of phenolic OH excluding ortho intramolecular Hbond substituents is 1. The Morgan fingerprint density at radius 2 is 2.31 bits per heavy atom. The van der Waals surface area contributed by atoms with Crippen LogP contribution in [0.4, 0.5) is 0 Å². The molecule has 16 heavy (non-hydrogen) atoms. The highest BCUT2D eigenvalue weighted by atomic mass is 32.2. The minimum atomic E-state index is 0.271. The molecule has 0 saturated heterocycles. The first-order valence-electron chi connectivity index (χ1n) is 5.01. The van der Waals surface area contributed by atoms with Crippen LogP contribution in [0.3, 0.4) is 0 Å². The zero-order valence-corrected chi connectivity index (χ0v) is 9.70. The summed E-state index contributed by atoms with van der Waals surface area (Å²) in [5, 5.41) is 13.1. The number of aryl methyl sites for hydroxylation is 1. The fourth-order valence-corrected chi connectivity index (χ4v) is 2.01. The van der Waals surface area contributed by atoms with Crippen LogP contribution in [0.2, 0.25) is 0 Å². The third-order valence-corrected chi connectivity index (χ3v) is 2.99. The summed E-state index contributed by atoms with van der Waals surface area (Å²) in [5.74, 6) is 2.26. The molecule has 5 heteroatoms. The van der Waals surface area contributed by atoms with Crippen LogP contribution >= 0.6 is 11.8 Å². The van der Waals surface area contributed by atoms with E-state index < -0.39 is 0 Å². The highest BCUT2D eigenvalue weighted by Crippen LogP contribution is 2.24. The van der Waals surface area contributed by atoms with E-state index in [1.54, 1.807) is 23.9 Å². The molecule has 1 N–H and O–H groups in total. The van der Waals surface area contributed by atoms with Crippen molar-refractivity contribution in [3.05, 3.63) is 36.0 Å². The first-order chi connectivity index (χ1) is 7.78. The third kappa shape index (κ3) is 2.76. The van der Waals surface area contributed by atoms with Crippen LogP contribution in [-0.2, 0) is 12.2 Å². The Kier molecular flexibility index (Phi) is 3.46. The third-order valence-electron chi connectivity index (χ3n) is 2.00. The Morgan fingerprint density at radius 1 is 1.44 bits per heavy atom. The standard InChI is InChI=1S/C11H12N2O2S/c1-2-11-12-10(13-15-11)7-16-9-5-3-4-8(14)6-9/h3-6,14H,2,7H2,1H3. The minimum absolute atomic E-state index is 0.271. The molecule has 0 aliphatic rings. The van der Waals surface area contributed by atoms with Crippen LogP contribution in [0, 0.1) is 0 Å². The van der Waals surface area contributed by atoms with Gasteiger partial charge < -0.3 is 9.63 Å². The number of thioether (sulfide) groups is 1. The first kappa shape index (κ1) is 11.0. The number of nitrogens with zero attached hydrogens (tertiary/aromatic N) is 2. The summed E-state index contributed by atoms with van der Waals surface area (Å²) in [5.41, 5.74) is 0. The van der Waals surface area contributed by atoms with E-state index in [9.17, 15) is 5.11 Å². The van der Waals surface area contributed by atoms with Gasteiger partial charge in [-0.05, 0) is 18.2 Å². The van der Waals surface area contributed by atoms with Crippen molar-refractivity contribution in [3.8, 4) is 5.75 Å². The molecule has 0 fully saturated rings. The normalized spacial score (nSPS) is 10.6.